The standard InChI is InChI=1S/C26H21Cl2NO4.C7H14N2O2S/c1-2-31-20-13-11-19(12-14-20)25(17-26(25,27)28)24(30)33-23(16-29)18-7-6-10-22(15-18)32-21-8-4-3-5-9-21;1-7(2,12-4)5-9-11-6(10)8-3/h3-15,23H,2,17H2,1H3;5H,1-4H3,(H,8,10)/b;9-5+. The highest BCUT2D eigenvalue weighted by molar-refractivity contribution is 8.00. The molecule has 12 heteroatoms. The lowest BCUT2D eigenvalue weighted by Gasteiger charge is -2.20. The summed E-state index contributed by atoms with van der Waals surface area (Å²) in [5, 5.41) is 15.6. The maximum Gasteiger partial charge on any atom is 0.433 e. The number of rotatable bonds is 11. The number of carbonyl (C=O) groups excluding carboxylic acids is 2. The third-order valence-electron chi connectivity index (χ3n) is 6.70. The van der Waals surface area contributed by atoms with Crippen LogP contribution in [0.1, 0.15) is 44.4 Å². The molecule has 3 aromatic carbocycles. The smallest absolute Gasteiger partial charge is 0.433 e. The summed E-state index contributed by atoms with van der Waals surface area (Å²) in [6.45, 7) is 6.37. The molecule has 0 heterocycles. The fourth-order valence-electron chi connectivity index (χ4n) is 3.99. The number of nitrogens with one attached hydrogen (secondary N) is 1. The number of hydrogen-bond donors (Lipinski definition) is 1. The number of ether oxygens (including phenoxy) is 3. The largest absolute Gasteiger partial charge is 0.494 e. The Morgan fingerprint density at radius 2 is 1.71 bits per heavy atom. The van der Waals surface area contributed by atoms with Crippen molar-refractivity contribution in [3.63, 3.8) is 0 Å². The summed E-state index contributed by atoms with van der Waals surface area (Å²) in [6.07, 6.45) is 2.04. The van der Waals surface area contributed by atoms with Gasteiger partial charge in [-0.3, -0.25) is 9.63 Å². The van der Waals surface area contributed by atoms with Gasteiger partial charge in [-0.1, -0.05) is 70.8 Å². The van der Waals surface area contributed by atoms with Crippen LogP contribution < -0.4 is 14.8 Å². The van der Waals surface area contributed by atoms with Gasteiger partial charge in [-0.05, 0) is 69.0 Å². The molecule has 0 radical (unpaired) electrons. The summed E-state index contributed by atoms with van der Waals surface area (Å²) in [6, 6.07) is 25.1. The van der Waals surface area contributed by atoms with E-state index in [1.54, 1.807) is 66.5 Å². The second kappa shape index (κ2) is 15.9. The van der Waals surface area contributed by atoms with E-state index in [1.807, 2.05) is 63.4 Å². The summed E-state index contributed by atoms with van der Waals surface area (Å²) >= 11 is 14.5. The van der Waals surface area contributed by atoms with Crippen molar-refractivity contribution in [1.29, 1.82) is 5.26 Å². The number of amides is 1. The molecule has 238 valence electrons. The van der Waals surface area contributed by atoms with Gasteiger partial charge in [0.15, 0.2) is 0 Å². The van der Waals surface area contributed by atoms with E-state index in [1.165, 1.54) is 7.05 Å². The van der Waals surface area contributed by atoms with Crippen LogP contribution in [-0.4, -0.2) is 47.3 Å². The SMILES string of the molecule is CCOc1ccc(C2(C(=O)OC(C#N)c3cccc(Oc4ccccc4)c3)CC2(Cl)Cl)cc1.CNC(=O)O/N=C/C(C)(C)SC. The van der Waals surface area contributed by atoms with E-state index in [0.717, 1.165) is 0 Å². The number of nitriles is 1. The van der Waals surface area contributed by atoms with Crippen molar-refractivity contribution < 1.29 is 28.6 Å². The summed E-state index contributed by atoms with van der Waals surface area (Å²) in [4.78, 5) is 28.2. The number of carbonyl (C=O) groups is 2. The number of para-hydroxylation sites is 1. The molecule has 9 nitrogen and oxygen atoms in total. The first-order chi connectivity index (χ1) is 21.4. The van der Waals surface area contributed by atoms with E-state index < -0.39 is 27.9 Å². The number of benzene rings is 3. The third-order valence-corrected chi connectivity index (χ3v) is 8.77. The van der Waals surface area contributed by atoms with Gasteiger partial charge in [-0.15, -0.1) is 0 Å². The Bertz CT molecular complexity index is 1510. The molecule has 1 N–H and O–H groups in total. The van der Waals surface area contributed by atoms with Crippen molar-refractivity contribution in [2.45, 2.75) is 47.8 Å². The highest BCUT2D eigenvalue weighted by Crippen LogP contribution is 2.65. The number of esters is 1. The zero-order chi connectivity index (χ0) is 33.1. The fraction of sp³-hybridized carbons (Fsp3) is 0.333. The number of thioether (sulfide) groups is 1. The number of alkyl halides is 2. The molecule has 0 aromatic heterocycles. The Kier molecular flexibility index (Phi) is 12.6. The zero-order valence-electron chi connectivity index (χ0n) is 25.6. The van der Waals surface area contributed by atoms with Crippen LogP contribution in [0.4, 0.5) is 4.79 Å². The molecule has 0 spiro atoms. The highest BCUT2D eigenvalue weighted by atomic mass is 35.5. The Labute approximate surface area is 277 Å². The van der Waals surface area contributed by atoms with Gasteiger partial charge >= 0.3 is 12.1 Å². The summed E-state index contributed by atoms with van der Waals surface area (Å²) in [5.74, 6) is 1.19. The fourth-order valence-corrected chi connectivity index (χ4v) is 4.91. The normalized spacial score (nSPS) is 17.1. The van der Waals surface area contributed by atoms with Crippen LogP contribution in [0.2, 0.25) is 0 Å². The van der Waals surface area contributed by atoms with E-state index in [9.17, 15) is 14.9 Å². The van der Waals surface area contributed by atoms with Gasteiger partial charge in [0.2, 0.25) is 6.10 Å². The molecule has 2 unspecified atom stereocenters. The number of halogens is 2. The van der Waals surface area contributed by atoms with E-state index in [0.29, 0.717) is 35.0 Å². The van der Waals surface area contributed by atoms with E-state index in [-0.39, 0.29) is 11.2 Å². The zero-order valence-corrected chi connectivity index (χ0v) is 27.9. The molecule has 45 heavy (non-hydrogen) atoms. The highest BCUT2D eigenvalue weighted by Gasteiger charge is 2.73. The van der Waals surface area contributed by atoms with Gasteiger partial charge < -0.3 is 19.5 Å². The molecular weight excluding hydrogens is 637 g/mol. The third kappa shape index (κ3) is 9.54. The van der Waals surface area contributed by atoms with Crippen LogP contribution in [0.15, 0.2) is 84.0 Å². The molecule has 1 saturated carbocycles. The molecule has 1 amide bonds. The van der Waals surface area contributed by atoms with Gasteiger partial charge in [0, 0.05) is 23.8 Å². The molecule has 2 atom stereocenters. The monoisotopic (exact) mass is 671 g/mol. The van der Waals surface area contributed by atoms with Crippen LogP contribution >= 0.6 is 35.0 Å². The van der Waals surface area contributed by atoms with Crippen LogP contribution in [0.3, 0.4) is 0 Å². The second-order valence-electron chi connectivity index (χ2n) is 10.3. The number of hydrogen-bond acceptors (Lipinski definition) is 9. The molecule has 4 rings (SSSR count). The van der Waals surface area contributed by atoms with Crippen LogP contribution in [-0.2, 0) is 19.8 Å². The molecular formula is C33H35Cl2N3O6S. The van der Waals surface area contributed by atoms with Crippen molar-refractivity contribution in [3.8, 4) is 23.3 Å². The first-order valence-corrected chi connectivity index (χ1v) is 15.9. The lowest BCUT2D eigenvalue weighted by atomic mass is 9.95. The van der Waals surface area contributed by atoms with Crippen molar-refractivity contribution in [3.05, 3.63) is 90.0 Å². The van der Waals surface area contributed by atoms with Gasteiger partial charge in [0.1, 0.15) is 33.1 Å². The summed E-state index contributed by atoms with van der Waals surface area (Å²) < 4.78 is 15.5. The van der Waals surface area contributed by atoms with Crippen LogP contribution in [0.25, 0.3) is 0 Å². The van der Waals surface area contributed by atoms with Crippen molar-refractivity contribution in [1.82, 2.24) is 5.32 Å². The van der Waals surface area contributed by atoms with E-state index in [4.69, 9.17) is 37.4 Å². The molecule has 0 saturated heterocycles. The average Bonchev–Trinajstić information content (AvgIpc) is 3.63. The van der Waals surface area contributed by atoms with Crippen LogP contribution in [0, 0.1) is 11.3 Å². The van der Waals surface area contributed by atoms with E-state index in [2.05, 4.69) is 15.3 Å². The quantitative estimate of drug-likeness (QED) is 0.0717. The van der Waals surface area contributed by atoms with Gasteiger partial charge in [-0.2, -0.15) is 17.0 Å². The minimum atomic E-state index is -1.32. The molecule has 0 bridgehead atoms. The average molecular weight is 673 g/mol. The Balaban J connectivity index is 0.000000392. The Hall–Kier alpha value is -3.91. The molecule has 1 aliphatic carbocycles. The molecule has 0 aliphatic heterocycles. The van der Waals surface area contributed by atoms with Crippen molar-refractivity contribution >= 4 is 53.2 Å². The molecule has 1 aliphatic rings. The van der Waals surface area contributed by atoms with Crippen LogP contribution in [0.5, 0.6) is 17.2 Å². The topological polar surface area (TPSA) is 119 Å². The lowest BCUT2D eigenvalue weighted by molar-refractivity contribution is -0.150. The molecule has 3 aromatic rings. The maximum absolute atomic E-state index is 13.3. The number of nitrogens with zero attached hydrogens (tertiary/aromatic N) is 2. The van der Waals surface area contributed by atoms with Gasteiger partial charge in [0.05, 0.1) is 12.8 Å². The predicted octanol–water partition coefficient (Wildman–Crippen LogP) is 7.97. The van der Waals surface area contributed by atoms with Gasteiger partial charge in [0.25, 0.3) is 0 Å². The maximum atomic E-state index is 13.3. The van der Waals surface area contributed by atoms with Crippen molar-refractivity contribution in [2.75, 3.05) is 19.9 Å². The minimum absolute atomic E-state index is 0.103. The minimum Gasteiger partial charge on any atom is -0.494 e. The molecule has 1 fully saturated rings. The first-order valence-electron chi connectivity index (χ1n) is 13.9. The lowest BCUT2D eigenvalue weighted by Crippen LogP contribution is -2.30. The summed E-state index contributed by atoms with van der Waals surface area (Å²) in [7, 11) is 1.48. The van der Waals surface area contributed by atoms with Crippen molar-refractivity contribution in [2.24, 2.45) is 5.16 Å². The second-order valence-corrected chi connectivity index (χ2v) is 13.3. The number of oxime groups is 1. The predicted molar refractivity (Wildman–Crippen MR) is 177 cm³/mol. The summed E-state index contributed by atoms with van der Waals surface area (Å²) in [5.41, 5.74) is -0.163. The Morgan fingerprint density at radius 3 is 2.27 bits per heavy atom. The Morgan fingerprint density at radius 1 is 1.07 bits per heavy atom. The van der Waals surface area contributed by atoms with Gasteiger partial charge in [-0.25, -0.2) is 4.79 Å². The van der Waals surface area contributed by atoms with E-state index >= 15 is 0 Å². The first kappa shape index (κ1) is 35.6.